The van der Waals surface area contributed by atoms with Gasteiger partial charge in [-0.2, -0.15) is 0 Å². The average Bonchev–Trinajstić information content (AvgIpc) is 3.80. The molecule has 0 saturated carbocycles. The molecule has 0 bridgehead atoms. The van der Waals surface area contributed by atoms with Gasteiger partial charge < -0.3 is 4.74 Å². The van der Waals surface area contributed by atoms with E-state index in [0.717, 1.165) is 0 Å². The fourth-order valence-corrected chi connectivity index (χ4v) is 6.58. The number of benzene rings is 9. The fraction of sp³-hybridized carbons (Fsp3) is 0. The minimum absolute atomic E-state index is 0.355. The molecule has 0 atom stereocenters. The highest BCUT2D eigenvalue weighted by atomic mass is 16.5. The minimum Gasteiger partial charge on any atom is -0.456 e. The molecule has 0 saturated heterocycles. The molecule has 0 N–H and O–H groups in total. The highest BCUT2D eigenvalue weighted by Gasteiger charge is 2.30. The molecule has 2 aliphatic rings. The third kappa shape index (κ3) is 3.76. The highest BCUT2D eigenvalue weighted by molar-refractivity contribution is 6.27. The number of fused-ring (bicyclic) bond motifs is 6. The standard InChI is InChI=1S/C48H28O/c1-2-11-31(12-3-1)45-35-19-4-5-20-36(35)46(48-39-23-9-14-29-13-8-22-38(43(29)39)47(45)48)34-18-6-17-32(27-34)33-25-26-41-40(28-33)37-21-7-15-30-16-10-24-42(49-41)44(30)37/h1-28H/i1D,2D,3D,4D,5D,6D,7D,8D,9D,10D,11D,12D,13D,14D,15D,16D,17D,18D,19D,20D,21D,22D,23D,24D,25D,26D,27D,28D. The molecule has 9 aromatic rings. The Balaban J connectivity index is 1.41. The molecular weight excluding hydrogens is 593 g/mol. The molecule has 0 amide bonds. The van der Waals surface area contributed by atoms with Gasteiger partial charge in [0.25, 0.3) is 0 Å². The lowest BCUT2D eigenvalue weighted by Gasteiger charge is -2.22. The molecular formula is C48H28O. The topological polar surface area (TPSA) is 9.23 Å². The summed E-state index contributed by atoms with van der Waals surface area (Å²) >= 11 is 0. The van der Waals surface area contributed by atoms with Crippen LogP contribution in [0.3, 0.4) is 0 Å². The maximum atomic E-state index is 10.1. The molecule has 1 aliphatic heterocycles. The van der Waals surface area contributed by atoms with Crippen LogP contribution < -0.4 is 4.74 Å². The normalized spacial score (nSPS) is 20.2. The number of rotatable bonds is 3. The minimum atomic E-state index is -1.10. The third-order valence-corrected chi connectivity index (χ3v) is 8.51. The van der Waals surface area contributed by atoms with Crippen LogP contribution in [-0.2, 0) is 0 Å². The van der Waals surface area contributed by atoms with E-state index in [1.165, 1.54) is 0 Å². The summed E-state index contributed by atoms with van der Waals surface area (Å²) in [5.41, 5.74) is -7.82. The van der Waals surface area contributed by atoms with Crippen LogP contribution in [0.4, 0.5) is 0 Å². The average molecular weight is 649 g/mol. The van der Waals surface area contributed by atoms with Crippen LogP contribution in [0.5, 0.6) is 11.5 Å². The Morgan fingerprint density at radius 3 is 1.61 bits per heavy atom. The quantitative estimate of drug-likeness (QED) is 0.185. The maximum Gasteiger partial charge on any atom is 0.135 e. The van der Waals surface area contributed by atoms with Crippen molar-refractivity contribution in [3.05, 3.63) is 169 Å². The van der Waals surface area contributed by atoms with Crippen LogP contribution in [0.1, 0.15) is 38.4 Å². The van der Waals surface area contributed by atoms with Crippen molar-refractivity contribution in [2.24, 2.45) is 0 Å². The fourth-order valence-electron chi connectivity index (χ4n) is 6.58. The van der Waals surface area contributed by atoms with Crippen molar-refractivity contribution in [3.63, 3.8) is 0 Å². The highest BCUT2D eigenvalue weighted by Crippen LogP contribution is 2.58. The Bertz CT molecular complexity index is 4400. The van der Waals surface area contributed by atoms with Gasteiger partial charge in [-0.3, -0.25) is 0 Å². The predicted octanol–water partition coefficient (Wildman–Crippen LogP) is 13.6. The van der Waals surface area contributed by atoms with Crippen LogP contribution in [0.15, 0.2) is 169 Å². The Morgan fingerprint density at radius 1 is 0.327 bits per heavy atom. The molecule has 1 heteroatoms. The molecule has 0 fully saturated rings. The molecule has 0 radical (unpaired) electrons. The van der Waals surface area contributed by atoms with Gasteiger partial charge in [-0.1, -0.05) is 145 Å². The van der Waals surface area contributed by atoms with Crippen molar-refractivity contribution in [1.82, 2.24) is 0 Å². The first-order valence-electron chi connectivity index (χ1n) is 28.7. The van der Waals surface area contributed by atoms with E-state index in [9.17, 15) is 17.8 Å². The molecule has 0 unspecified atom stereocenters. The van der Waals surface area contributed by atoms with Gasteiger partial charge in [0.1, 0.15) is 11.5 Å². The second-order valence-corrected chi connectivity index (χ2v) is 11.0. The van der Waals surface area contributed by atoms with Crippen molar-refractivity contribution < 1.29 is 43.1 Å². The van der Waals surface area contributed by atoms with Gasteiger partial charge in [0.05, 0.1) is 38.4 Å². The molecule has 1 heterocycles. The first-order valence-corrected chi connectivity index (χ1v) is 14.7. The van der Waals surface area contributed by atoms with Crippen LogP contribution in [0.2, 0.25) is 0 Å². The second kappa shape index (κ2) is 10.0. The van der Waals surface area contributed by atoms with Gasteiger partial charge in [0, 0.05) is 10.9 Å². The molecule has 11 rings (SSSR count). The summed E-state index contributed by atoms with van der Waals surface area (Å²) in [4.78, 5) is 0. The van der Waals surface area contributed by atoms with Crippen molar-refractivity contribution in [2.75, 3.05) is 0 Å². The van der Waals surface area contributed by atoms with Gasteiger partial charge >= 0.3 is 0 Å². The van der Waals surface area contributed by atoms with E-state index < -0.39 is 269 Å². The Kier molecular flexibility index (Phi) is 2.32. The lowest BCUT2D eigenvalue weighted by molar-refractivity contribution is 0.487. The summed E-state index contributed by atoms with van der Waals surface area (Å²) in [5, 5.41) is -3.13. The summed E-state index contributed by atoms with van der Waals surface area (Å²) in [6.45, 7) is 0. The summed E-state index contributed by atoms with van der Waals surface area (Å²) in [6.07, 6.45) is 0. The Hall–Kier alpha value is -6.44. The lowest BCUT2D eigenvalue weighted by atomic mass is 9.82. The zero-order valence-electron chi connectivity index (χ0n) is 52.4. The van der Waals surface area contributed by atoms with Gasteiger partial charge in [-0.15, -0.1) is 0 Å². The molecule has 0 spiro atoms. The number of ether oxygens (including phenoxy) is 1. The van der Waals surface area contributed by atoms with Crippen molar-refractivity contribution in [3.8, 4) is 78.3 Å². The first kappa shape index (κ1) is 11.3. The van der Waals surface area contributed by atoms with E-state index in [1.807, 2.05) is 0 Å². The van der Waals surface area contributed by atoms with Gasteiger partial charge in [-0.05, 0) is 112 Å². The van der Waals surface area contributed by atoms with E-state index >= 15 is 0 Å². The molecule has 0 aromatic heterocycles. The number of hydrogen-bond donors (Lipinski definition) is 0. The molecule has 49 heavy (non-hydrogen) atoms. The van der Waals surface area contributed by atoms with Crippen molar-refractivity contribution in [2.45, 2.75) is 0 Å². The van der Waals surface area contributed by atoms with E-state index in [0.29, 0.717) is 0 Å². The van der Waals surface area contributed by atoms with Gasteiger partial charge in [0.15, 0.2) is 0 Å². The number of hydrogen-bond acceptors (Lipinski definition) is 1. The van der Waals surface area contributed by atoms with E-state index in [2.05, 4.69) is 0 Å². The van der Waals surface area contributed by atoms with E-state index in [4.69, 9.17) is 25.3 Å². The molecule has 9 aromatic carbocycles. The van der Waals surface area contributed by atoms with Gasteiger partial charge in [0.2, 0.25) is 0 Å². The summed E-state index contributed by atoms with van der Waals surface area (Å²) in [5.74, 6) is -1.22. The van der Waals surface area contributed by atoms with Crippen LogP contribution in [0, 0.1) is 0 Å². The largest absolute Gasteiger partial charge is 0.456 e. The van der Waals surface area contributed by atoms with Crippen molar-refractivity contribution >= 4 is 32.3 Å². The Morgan fingerprint density at radius 2 is 0.878 bits per heavy atom. The van der Waals surface area contributed by atoms with Gasteiger partial charge in [-0.25, -0.2) is 0 Å². The second-order valence-electron chi connectivity index (χ2n) is 11.0. The van der Waals surface area contributed by atoms with E-state index in [-0.39, 0.29) is 10.8 Å². The molecule has 1 nitrogen and oxygen atoms in total. The maximum absolute atomic E-state index is 10.1. The monoisotopic (exact) mass is 648 g/mol. The molecule has 1 aliphatic carbocycles. The SMILES string of the molecule is [2H]c1c([2H])c([2H])c(-c2c3c(c(-c4c([2H])c([2H])c([2H])c(-c5c([2H])c([2H])c6c(c5[2H])-c5c([2H])c([2H])c([2H])c7c([2H])c([2H])c([2H])c(c57)O6)c4[2H])c4c([2H])c([2H])c([2H])c([2H])c24)-c2c([2H])c([2H])c([2H])c4c([2H])c([2H])c([2H])c-3c24)c([2H])c1[2H]. The zero-order valence-corrected chi connectivity index (χ0v) is 24.4. The first-order chi connectivity index (χ1) is 36.0. The lowest BCUT2D eigenvalue weighted by Crippen LogP contribution is -1.97. The van der Waals surface area contributed by atoms with Crippen LogP contribution >= 0.6 is 0 Å². The smallest absolute Gasteiger partial charge is 0.135 e. The van der Waals surface area contributed by atoms with Crippen molar-refractivity contribution in [1.29, 1.82) is 0 Å². The summed E-state index contributed by atoms with van der Waals surface area (Å²) in [6, 6.07) is -25.4. The third-order valence-electron chi connectivity index (χ3n) is 8.51. The Labute approximate surface area is 323 Å². The summed E-state index contributed by atoms with van der Waals surface area (Å²) < 4.78 is 261. The van der Waals surface area contributed by atoms with E-state index in [1.54, 1.807) is 0 Å². The molecule has 226 valence electrons. The van der Waals surface area contributed by atoms with Crippen LogP contribution in [0.25, 0.3) is 99.1 Å². The zero-order chi connectivity index (χ0) is 56.4. The van der Waals surface area contributed by atoms with Crippen LogP contribution in [-0.4, -0.2) is 0 Å². The summed E-state index contributed by atoms with van der Waals surface area (Å²) in [7, 11) is 0. The predicted molar refractivity (Wildman–Crippen MR) is 205 cm³/mol.